The Morgan fingerprint density at radius 2 is 1.96 bits per heavy atom. The van der Waals surface area contributed by atoms with Crippen LogP contribution in [0.2, 0.25) is 5.02 Å². The number of aromatic nitrogens is 4. The molecule has 1 aromatic carbocycles. The van der Waals surface area contributed by atoms with Crippen LogP contribution < -0.4 is 5.73 Å². The third kappa shape index (κ3) is 2.66. The number of halogens is 1. The van der Waals surface area contributed by atoms with Gasteiger partial charge in [-0.2, -0.15) is 0 Å². The first-order valence-corrected chi connectivity index (χ1v) is 10.7. The van der Waals surface area contributed by atoms with Crippen LogP contribution in [0.25, 0.3) is 15.9 Å². The third-order valence-electron chi connectivity index (χ3n) is 4.74. The largest absolute Gasteiger partial charge is 0.369 e. The third-order valence-corrected chi connectivity index (χ3v) is 7.17. The lowest BCUT2D eigenvalue weighted by Gasteiger charge is -2.10. The van der Waals surface area contributed by atoms with Crippen LogP contribution in [0.4, 0.5) is 5.95 Å². The molecule has 2 N–H and O–H groups in total. The van der Waals surface area contributed by atoms with Gasteiger partial charge in [-0.3, -0.25) is 0 Å². The number of thioether (sulfide) groups is 1. The Bertz CT molecular complexity index is 1120. The molecule has 3 heterocycles. The number of fused-ring (bicyclic) bond motifs is 5. The Balaban J connectivity index is 1.58. The molecule has 0 spiro atoms. The van der Waals surface area contributed by atoms with Crippen molar-refractivity contribution < 1.29 is 0 Å². The molecule has 3 aromatic heterocycles. The number of hydrogen-bond acceptors (Lipinski definition) is 6. The molecule has 26 heavy (non-hydrogen) atoms. The number of benzene rings is 1. The Morgan fingerprint density at radius 1 is 1.15 bits per heavy atom. The van der Waals surface area contributed by atoms with Gasteiger partial charge in [-0.25, -0.2) is 9.38 Å². The molecule has 0 aliphatic heterocycles. The maximum absolute atomic E-state index is 6.26. The molecule has 0 radical (unpaired) electrons. The number of anilines is 1. The highest BCUT2D eigenvalue weighted by Crippen LogP contribution is 2.38. The van der Waals surface area contributed by atoms with Crippen LogP contribution in [0.5, 0.6) is 0 Å². The lowest BCUT2D eigenvalue weighted by Crippen LogP contribution is -2.03. The van der Waals surface area contributed by atoms with Gasteiger partial charge in [0.1, 0.15) is 4.83 Å². The summed E-state index contributed by atoms with van der Waals surface area (Å²) in [6, 6.07) is 7.84. The maximum atomic E-state index is 6.26. The topological polar surface area (TPSA) is 69.1 Å². The highest BCUT2D eigenvalue weighted by molar-refractivity contribution is 7.98. The molecular formula is C18H16ClN5S2. The summed E-state index contributed by atoms with van der Waals surface area (Å²) in [5.74, 6) is 1.23. The lowest BCUT2D eigenvalue weighted by atomic mass is 9.97. The molecule has 5 nitrogen and oxygen atoms in total. The predicted octanol–water partition coefficient (Wildman–Crippen LogP) is 4.75. The van der Waals surface area contributed by atoms with E-state index in [4.69, 9.17) is 17.3 Å². The van der Waals surface area contributed by atoms with Crippen molar-refractivity contribution in [2.45, 2.75) is 36.6 Å². The van der Waals surface area contributed by atoms with Gasteiger partial charge in [0.15, 0.2) is 10.8 Å². The van der Waals surface area contributed by atoms with E-state index in [1.807, 2.05) is 28.7 Å². The van der Waals surface area contributed by atoms with Crippen LogP contribution in [-0.4, -0.2) is 19.6 Å². The average Bonchev–Trinajstić information content (AvgIpc) is 3.22. The van der Waals surface area contributed by atoms with Crippen LogP contribution in [-0.2, 0) is 18.6 Å². The first-order valence-electron chi connectivity index (χ1n) is 8.53. The zero-order valence-electron chi connectivity index (χ0n) is 13.9. The summed E-state index contributed by atoms with van der Waals surface area (Å²) in [4.78, 5) is 7.08. The van der Waals surface area contributed by atoms with Crippen molar-refractivity contribution in [3.8, 4) is 0 Å². The van der Waals surface area contributed by atoms with Crippen LogP contribution in [0.15, 0.2) is 29.4 Å². The molecule has 0 atom stereocenters. The highest BCUT2D eigenvalue weighted by Gasteiger charge is 2.22. The fourth-order valence-corrected chi connectivity index (χ4v) is 5.76. The summed E-state index contributed by atoms with van der Waals surface area (Å²) in [6.45, 7) is 0. The zero-order valence-corrected chi connectivity index (χ0v) is 16.3. The molecule has 1 aliphatic rings. The summed E-state index contributed by atoms with van der Waals surface area (Å²) in [7, 11) is 0. The Morgan fingerprint density at radius 3 is 2.81 bits per heavy atom. The molecule has 0 amide bonds. The quantitative estimate of drug-likeness (QED) is 0.502. The maximum Gasteiger partial charge on any atom is 0.209 e. The van der Waals surface area contributed by atoms with E-state index in [0.717, 1.165) is 44.6 Å². The minimum atomic E-state index is 0.453. The SMILES string of the molecule is Nc1nc2sc3c(c2c2nnc(SCc4ccc(Cl)cc4)n12)CCCC3. The van der Waals surface area contributed by atoms with E-state index < -0.39 is 0 Å². The monoisotopic (exact) mass is 401 g/mol. The predicted molar refractivity (Wildman–Crippen MR) is 108 cm³/mol. The van der Waals surface area contributed by atoms with Gasteiger partial charge < -0.3 is 5.73 Å². The molecule has 0 bridgehead atoms. The average molecular weight is 402 g/mol. The molecule has 0 saturated carbocycles. The van der Waals surface area contributed by atoms with E-state index in [1.165, 1.54) is 28.8 Å². The Hall–Kier alpha value is -1.83. The van der Waals surface area contributed by atoms with Crippen LogP contribution in [0.3, 0.4) is 0 Å². The van der Waals surface area contributed by atoms with Crippen molar-refractivity contribution >= 4 is 56.5 Å². The van der Waals surface area contributed by atoms with Gasteiger partial charge >= 0.3 is 0 Å². The molecular weight excluding hydrogens is 386 g/mol. The number of aryl methyl sites for hydroxylation is 2. The normalized spacial score (nSPS) is 14.2. The standard InChI is InChI=1S/C18H16ClN5S2/c19-11-7-5-10(6-8-11)9-25-18-23-22-15-14-12-3-1-2-4-13(12)26-16(14)21-17(20)24(15)18/h5-8H,1-4,9H2,(H2,20,21). The minimum absolute atomic E-state index is 0.453. The van der Waals surface area contributed by atoms with Crippen molar-refractivity contribution in [2.75, 3.05) is 5.73 Å². The summed E-state index contributed by atoms with van der Waals surface area (Å²) < 4.78 is 1.89. The number of thiophene rings is 1. The van der Waals surface area contributed by atoms with E-state index >= 15 is 0 Å². The van der Waals surface area contributed by atoms with Crippen molar-refractivity contribution in [1.82, 2.24) is 19.6 Å². The molecule has 0 unspecified atom stereocenters. The summed E-state index contributed by atoms with van der Waals surface area (Å²) in [6.07, 6.45) is 4.70. The van der Waals surface area contributed by atoms with E-state index in [0.29, 0.717) is 5.95 Å². The van der Waals surface area contributed by atoms with Crippen LogP contribution in [0, 0.1) is 0 Å². The van der Waals surface area contributed by atoms with Gasteiger partial charge in [0, 0.05) is 15.7 Å². The molecule has 0 fully saturated rings. The first kappa shape index (κ1) is 16.4. The van der Waals surface area contributed by atoms with Crippen molar-refractivity contribution in [1.29, 1.82) is 0 Å². The molecule has 5 rings (SSSR count). The van der Waals surface area contributed by atoms with Gasteiger partial charge in [-0.1, -0.05) is 35.5 Å². The Kier molecular flexibility index (Phi) is 4.03. The van der Waals surface area contributed by atoms with Crippen LogP contribution in [0.1, 0.15) is 28.8 Å². The van der Waals surface area contributed by atoms with Gasteiger partial charge in [-0.05, 0) is 48.9 Å². The summed E-state index contributed by atoms with van der Waals surface area (Å²) >= 11 is 9.32. The molecule has 132 valence electrons. The molecule has 1 aliphatic carbocycles. The number of hydrogen-bond donors (Lipinski definition) is 1. The van der Waals surface area contributed by atoms with E-state index in [2.05, 4.69) is 15.2 Å². The summed E-state index contributed by atoms with van der Waals surface area (Å²) in [5, 5.41) is 11.5. The second-order valence-corrected chi connectivity index (χ2v) is 8.88. The van der Waals surface area contributed by atoms with Gasteiger partial charge in [0.05, 0.1) is 5.39 Å². The smallest absolute Gasteiger partial charge is 0.209 e. The first-order chi connectivity index (χ1) is 12.7. The van der Waals surface area contributed by atoms with E-state index in [9.17, 15) is 0 Å². The Labute approximate surface area is 163 Å². The second-order valence-electron chi connectivity index (χ2n) is 6.42. The van der Waals surface area contributed by atoms with Crippen LogP contribution >= 0.6 is 34.7 Å². The fourth-order valence-electron chi connectivity index (χ4n) is 3.48. The van der Waals surface area contributed by atoms with Crippen molar-refractivity contribution in [3.63, 3.8) is 0 Å². The van der Waals surface area contributed by atoms with Gasteiger partial charge in [-0.15, -0.1) is 21.5 Å². The lowest BCUT2D eigenvalue weighted by molar-refractivity contribution is 0.700. The van der Waals surface area contributed by atoms with E-state index in [1.54, 1.807) is 23.1 Å². The van der Waals surface area contributed by atoms with Gasteiger partial charge in [0.25, 0.3) is 0 Å². The minimum Gasteiger partial charge on any atom is -0.369 e. The zero-order chi connectivity index (χ0) is 17.7. The van der Waals surface area contributed by atoms with Crippen molar-refractivity contribution in [2.24, 2.45) is 0 Å². The molecule has 8 heteroatoms. The number of nitrogens with two attached hydrogens (primary N) is 1. The van der Waals surface area contributed by atoms with Gasteiger partial charge in [0.2, 0.25) is 5.95 Å². The molecule has 0 saturated heterocycles. The second kappa shape index (κ2) is 6.40. The fraction of sp³-hybridized carbons (Fsp3) is 0.278. The highest BCUT2D eigenvalue weighted by atomic mass is 35.5. The number of nitrogens with zero attached hydrogens (tertiary/aromatic N) is 4. The van der Waals surface area contributed by atoms with E-state index in [-0.39, 0.29) is 0 Å². The number of nitrogen functional groups attached to an aromatic ring is 1. The summed E-state index contributed by atoms with van der Waals surface area (Å²) in [5.41, 5.74) is 9.68. The molecule has 4 aromatic rings. The number of rotatable bonds is 3. The van der Waals surface area contributed by atoms with Crippen molar-refractivity contribution in [3.05, 3.63) is 45.3 Å².